The van der Waals surface area contributed by atoms with E-state index in [1.54, 1.807) is 48.5 Å². The fraction of sp³-hybridized carbons (Fsp3) is 0. The van der Waals surface area contributed by atoms with E-state index in [9.17, 15) is 9.59 Å². The molecule has 0 spiro atoms. The van der Waals surface area contributed by atoms with E-state index in [2.05, 4.69) is 15.8 Å². The molecule has 0 aromatic heterocycles. The number of nitrogens with zero attached hydrogens (tertiary/aromatic N) is 1. The van der Waals surface area contributed by atoms with Crippen LogP contribution in [0.2, 0.25) is 10.0 Å². The Hall–Kier alpha value is -2.37. The lowest BCUT2D eigenvalue weighted by molar-refractivity contribution is -0.136. The molecule has 22 heavy (non-hydrogen) atoms. The van der Waals surface area contributed by atoms with Gasteiger partial charge in [0.05, 0.1) is 16.9 Å². The van der Waals surface area contributed by atoms with Crippen LogP contribution in [0.25, 0.3) is 0 Å². The van der Waals surface area contributed by atoms with Crippen LogP contribution in [0, 0.1) is 0 Å². The van der Waals surface area contributed by atoms with Crippen molar-refractivity contribution < 1.29 is 9.59 Å². The minimum Gasteiger partial charge on any atom is -0.316 e. The highest BCUT2D eigenvalue weighted by molar-refractivity contribution is 6.41. The van der Waals surface area contributed by atoms with Crippen LogP contribution in [0.4, 0.5) is 5.69 Å². The first-order chi connectivity index (χ1) is 10.6. The molecule has 2 rings (SSSR count). The molecule has 7 heteroatoms. The van der Waals surface area contributed by atoms with Crippen LogP contribution in [0.1, 0.15) is 5.56 Å². The van der Waals surface area contributed by atoms with E-state index in [1.165, 1.54) is 6.21 Å². The van der Waals surface area contributed by atoms with Crippen LogP contribution in [-0.4, -0.2) is 18.0 Å². The molecule has 0 radical (unpaired) electrons. The van der Waals surface area contributed by atoms with E-state index in [4.69, 9.17) is 23.2 Å². The van der Waals surface area contributed by atoms with Gasteiger partial charge in [0.2, 0.25) is 0 Å². The molecular weight excluding hydrogens is 325 g/mol. The Labute approximate surface area is 136 Å². The summed E-state index contributed by atoms with van der Waals surface area (Å²) < 4.78 is 0. The van der Waals surface area contributed by atoms with E-state index in [-0.39, 0.29) is 0 Å². The average Bonchev–Trinajstić information content (AvgIpc) is 2.49. The monoisotopic (exact) mass is 335 g/mol. The summed E-state index contributed by atoms with van der Waals surface area (Å²) in [6, 6.07) is 13.5. The first-order valence-electron chi connectivity index (χ1n) is 6.21. The van der Waals surface area contributed by atoms with Gasteiger partial charge in [-0.1, -0.05) is 47.5 Å². The number of hydrogen-bond acceptors (Lipinski definition) is 3. The summed E-state index contributed by atoms with van der Waals surface area (Å²) in [5.41, 5.74) is 3.17. The summed E-state index contributed by atoms with van der Waals surface area (Å²) in [6.45, 7) is 0. The molecule has 0 aliphatic heterocycles. The predicted octanol–water partition coefficient (Wildman–Crippen LogP) is 3.08. The zero-order valence-electron chi connectivity index (χ0n) is 11.2. The number of benzene rings is 2. The fourth-order valence-electron chi connectivity index (χ4n) is 1.54. The normalized spacial score (nSPS) is 10.5. The van der Waals surface area contributed by atoms with E-state index >= 15 is 0 Å². The summed E-state index contributed by atoms with van der Waals surface area (Å²) in [6.07, 6.45) is 1.38. The number of amides is 2. The third-order valence-electron chi connectivity index (χ3n) is 2.56. The molecule has 0 heterocycles. The fourth-order valence-corrected chi connectivity index (χ4v) is 1.93. The minimum atomic E-state index is -0.904. The molecular formula is C15H11Cl2N3O2. The molecule has 2 aromatic rings. The molecule has 0 saturated carbocycles. The summed E-state index contributed by atoms with van der Waals surface area (Å²) in [5, 5.41) is 6.97. The molecule has 2 aromatic carbocycles. The third-order valence-corrected chi connectivity index (χ3v) is 3.12. The van der Waals surface area contributed by atoms with Crippen molar-refractivity contribution in [2.45, 2.75) is 0 Å². The summed E-state index contributed by atoms with van der Waals surface area (Å²) >= 11 is 11.7. The predicted molar refractivity (Wildman–Crippen MR) is 87.3 cm³/mol. The highest BCUT2D eigenvalue weighted by Gasteiger charge is 2.13. The second-order valence-corrected chi connectivity index (χ2v) is 5.03. The lowest BCUT2D eigenvalue weighted by Gasteiger charge is -2.05. The molecule has 0 bridgehead atoms. The minimum absolute atomic E-state index is 0.339. The molecule has 2 amide bonds. The smallest absolute Gasteiger partial charge is 0.316 e. The van der Waals surface area contributed by atoms with Gasteiger partial charge < -0.3 is 5.32 Å². The highest BCUT2D eigenvalue weighted by Crippen LogP contribution is 2.20. The van der Waals surface area contributed by atoms with Crippen molar-refractivity contribution in [2.24, 2.45) is 5.10 Å². The molecule has 2 N–H and O–H groups in total. The number of hydrogen-bond donors (Lipinski definition) is 2. The Morgan fingerprint density at radius 1 is 1.00 bits per heavy atom. The summed E-state index contributed by atoms with van der Waals surface area (Å²) in [4.78, 5) is 23.3. The molecule has 5 nitrogen and oxygen atoms in total. The second-order valence-electron chi connectivity index (χ2n) is 4.19. The van der Waals surface area contributed by atoms with Crippen LogP contribution >= 0.6 is 23.2 Å². The molecule has 0 aliphatic carbocycles. The number of halogens is 2. The number of carbonyl (C=O) groups excluding carboxylic acids is 2. The van der Waals surface area contributed by atoms with Gasteiger partial charge in [0.15, 0.2) is 0 Å². The average molecular weight is 336 g/mol. The Morgan fingerprint density at radius 2 is 1.77 bits per heavy atom. The van der Waals surface area contributed by atoms with Gasteiger partial charge in [0.25, 0.3) is 0 Å². The van der Waals surface area contributed by atoms with Crippen molar-refractivity contribution in [3.8, 4) is 0 Å². The molecule has 0 atom stereocenters. The number of para-hydroxylation sites is 1. The Kier molecular flexibility index (Phi) is 5.52. The molecule has 0 unspecified atom stereocenters. The quantitative estimate of drug-likeness (QED) is 0.514. The van der Waals surface area contributed by atoms with Crippen molar-refractivity contribution in [3.63, 3.8) is 0 Å². The first kappa shape index (κ1) is 16.0. The van der Waals surface area contributed by atoms with E-state index in [0.29, 0.717) is 21.3 Å². The van der Waals surface area contributed by atoms with Crippen molar-refractivity contribution >= 4 is 46.9 Å². The number of carbonyl (C=O) groups is 2. The van der Waals surface area contributed by atoms with Crippen LogP contribution in [0.3, 0.4) is 0 Å². The van der Waals surface area contributed by atoms with Crippen LogP contribution in [-0.2, 0) is 9.59 Å². The van der Waals surface area contributed by atoms with Crippen molar-refractivity contribution in [1.29, 1.82) is 0 Å². The molecule has 0 saturated heterocycles. The molecule has 0 aliphatic rings. The van der Waals surface area contributed by atoms with Crippen LogP contribution in [0.15, 0.2) is 53.6 Å². The van der Waals surface area contributed by atoms with Crippen molar-refractivity contribution in [3.05, 3.63) is 64.1 Å². The maximum Gasteiger partial charge on any atom is 0.329 e. The van der Waals surface area contributed by atoms with Gasteiger partial charge in [-0.25, -0.2) is 5.43 Å². The van der Waals surface area contributed by atoms with Gasteiger partial charge in [0, 0.05) is 5.02 Å². The third kappa shape index (κ3) is 4.58. The standard InChI is InChI=1S/C15H11Cl2N3O2/c16-11-5-3-4-10(8-11)9-18-20-15(22)14(21)19-13-7-2-1-6-12(13)17/h1-9H,(H,19,21)(H,20,22)/b18-9-. The van der Waals surface area contributed by atoms with Gasteiger partial charge >= 0.3 is 11.8 Å². The Morgan fingerprint density at radius 3 is 2.50 bits per heavy atom. The number of nitrogens with one attached hydrogen (secondary N) is 2. The molecule has 112 valence electrons. The van der Waals surface area contributed by atoms with Gasteiger partial charge in [-0.05, 0) is 29.8 Å². The topological polar surface area (TPSA) is 70.6 Å². The van der Waals surface area contributed by atoms with E-state index < -0.39 is 11.8 Å². The Balaban J connectivity index is 1.92. The Bertz CT molecular complexity index is 732. The maximum absolute atomic E-state index is 11.7. The SMILES string of the molecule is O=C(N/N=C\c1cccc(Cl)c1)C(=O)Nc1ccccc1Cl. The van der Waals surface area contributed by atoms with E-state index in [1.807, 2.05) is 0 Å². The van der Waals surface area contributed by atoms with Gasteiger partial charge in [-0.2, -0.15) is 5.10 Å². The summed E-state index contributed by atoms with van der Waals surface area (Å²) in [7, 11) is 0. The van der Waals surface area contributed by atoms with E-state index in [0.717, 1.165) is 0 Å². The molecule has 0 fully saturated rings. The van der Waals surface area contributed by atoms with Gasteiger partial charge in [-0.15, -0.1) is 0 Å². The van der Waals surface area contributed by atoms with Crippen molar-refractivity contribution in [1.82, 2.24) is 5.43 Å². The van der Waals surface area contributed by atoms with Crippen molar-refractivity contribution in [2.75, 3.05) is 5.32 Å². The largest absolute Gasteiger partial charge is 0.329 e. The number of hydrazone groups is 1. The number of anilines is 1. The second kappa shape index (κ2) is 7.59. The number of rotatable bonds is 3. The maximum atomic E-state index is 11.7. The zero-order valence-corrected chi connectivity index (χ0v) is 12.7. The van der Waals surface area contributed by atoms with Crippen LogP contribution < -0.4 is 10.7 Å². The van der Waals surface area contributed by atoms with Gasteiger partial charge in [-0.3, -0.25) is 9.59 Å². The first-order valence-corrected chi connectivity index (χ1v) is 6.96. The lowest BCUT2D eigenvalue weighted by atomic mass is 10.2. The van der Waals surface area contributed by atoms with Gasteiger partial charge in [0.1, 0.15) is 0 Å². The lowest BCUT2D eigenvalue weighted by Crippen LogP contribution is -2.32. The van der Waals surface area contributed by atoms with Crippen LogP contribution in [0.5, 0.6) is 0 Å². The summed E-state index contributed by atoms with van der Waals surface area (Å²) in [5.74, 6) is -1.77. The highest BCUT2D eigenvalue weighted by atomic mass is 35.5. The zero-order chi connectivity index (χ0) is 15.9.